The summed E-state index contributed by atoms with van der Waals surface area (Å²) in [7, 11) is 1.45. The summed E-state index contributed by atoms with van der Waals surface area (Å²) in [5.41, 5.74) is 5.77. The van der Waals surface area contributed by atoms with Gasteiger partial charge < -0.3 is 20.7 Å². The number of carbonyl (C=O) groups is 1. The Bertz CT molecular complexity index is 1290. The number of nitrogens with one attached hydrogen (secondary N) is 1. The molecular weight excluding hydrogens is 478 g/mol. The minimum atomic E-state index is -1.03. The van der Waals surface area contributed by atoms with Gasteiger partial charge in [0.15, 0.2) is 11.0 Å². The average molecular weight is 499 g/mol. The number of aromatic nitrogens is 4. The summed E-state index contributed by atoms with van der Waals surface area (Å²) in [4.78, 5) is 35.3. The number of benzene rings is 1. The van der Waals surface area contributed by atoms with E-state index in [4.69, 9.17) is 15.5 Å². The molecule has 1 unspecified atom stereocenters. The van der Waals surface area contributed by atoms with Crippen molar-refractivity contribution < 1.29 is 18.3 Å². The second-order valence-corrected chi connectivity index (χ2v) is 9.10. The van der Waals surface area contributed by atoms with Crippen LogP contribution in [0.3, 0.4) is 0 Å². The van der Waals surface area contributed by atoms with Crippen LogP contribution in [0.25, 0.3) is 0 Å². The van der Waals surface area contributed by atoms with Crippen LogP contribution in [0.1, 0.15) is 16.1 Å². The standard InChI is InChI=1S/C22H20F2N8O2S/c1-34-18-8-26-17(7-27-18)19(33)30-14-2-3-16(24)15(4-14)22-11-32(21-28-5-13(23)6-29-21)9-12(22)10-35-20(25)31-22/h2-8,12H,9-11H2,1H3,(H2,25,31)(H,30,33)/t12-,22?/m0/s1. The number of anilines is 2. The van der Waals surface area contributed by atoms with Crippen molar-refractivity contribution in [2.45, 2.75) is 5.54 Å². The largest absolute Gasteiger partial charge is 0.480 e. The minimum Gasteiger partial charge on any atom is -0.480 e. The number of hydrogen-bond donors (Lipinski definition) is 2. The summed E-state index contributed by atoms with van der Waals surface area (Å²) in [5.74, 6) is -0.469. The van der Waals surface area contributed by atoms with Gasteiger partial charge >= 0.3 is 0 Å². The summed E-state index contributed by atoms with van der Waals surface area (Å²) >= 11 is 1.39. The number of fused-ring (bicyclic) bond motifs is 1. The summed E-state index contributed by atoms with van der Waals surface area (Å²) in [5, 5.41) is 3.06. The monoisotopic (exact) mass is 498 g/mol. The number of carbonyl (C=O) groups excluding carboxylic acids is 1. The quantitative estimate of drug-likeness (QED) is 0.543. The van der Waals surface area contributed by atoms with Crippen LogP contribution in [-0.4, -0.2) is 57.0 Å². The molecule has 0 spiro atoms. The Balaban J connectivity index is 1.48. The Morgan fingerprint density at radius 1 is 1.20 bits per heavy atom. The van der Waals surface area contributed by atoms with Crippen molar-refractivity contribution in [2.75, 3.05) is 36.2 Å². The topological polar surface area (TPSA) is 132 Å². The summed E-state index contributed by atoms with van der Waals surface area (Å²) in [6.45, 7) is 0.718. The second-order valence-electron chi connectivity index (χ2n) is 8.06. The SMILES string of the molecule is COc1cnc(C(=O)Nc2ccc(F)c(C34CN(c5ncc(F)cn5)C[C@H]3CSC(N)=N4)c2)cn1. The van der Waals surface area contributed by atoms with E-state index in [1.807, 2.05) is 4.90 Å². The number of rotatable bonds is 5. The van der Waals surface area contributed by atoms with Crippen LogP contribution in [0.2, 0.25) is 0 Å². The van der Waals surface area contributed by atoms with Crippen molar-refractivity contribution in [3.63, 3.8) is 0 Å². The lowest BCUT2D eigenvalue weighted by Gasteiger charge is -2.35. The maximum atomic E-state index is 15.3. The van der Waals surface area contributed by atoms with Crippen molar-refractivity contribution in [1.82, 2.24) is 19.9 Å². The van der Waals surface area contributed by atoms with Crippen LogP contribution in [0.5, 0.6) is 5.88 Å². The van der Waals surface area contributed by atoms with Gasteiger partial charge in [-0.3, -0.25) is 4.79 Å². The first-order valence-electron chi connectivity index (χ1n) is 10.6. The van der Waals surface area contributed by atoms with Crippen LogP contribution >= 0.6 is 11.8 Å². The van der Waals surface area contributed by atoms with E-state index in [0.29, 0.717) is 29.1 Å². The zero-order valence-electron chi connectivity index (χ0n) is 18.5. The van der Waals surface area contributed by atoms with E-state index in [0.717, 1.165) is 12.4 Å². The van der Waals surface area contributed by atoms with Crippen molar-refractivity contribution >= 4 is 34.5 Å². The maximum absolute atomic E-state index is 15.3. The Kier molecular flexibility index (Phi) is 5.93. The second kappa shape index (κ2) is 9.06. The molecule has 0 radical (unpaired) electrons. The first-order chi connectivity index (χ1) is 16.9. The molecule has 2 aliphatic heterocycles. The first kappa shape index (κ1) is 22.9. The van der Waals surface area contributed by atoms with Crippen molar-refractivity contribution in [3.05, 3.63) is 65.9 Å². The van der Waals surface area contributed by atoms with Gasteiger partial charge in [0.2, 0.25) is 11.8 Å². The molecule has 2 aromatic heterocycles. The number of nitrogens with zero attached hydrogens (tertiary/aromatic N) is 6. The smallest absolute Gasteiger partial charge is 0.275 e. The Labute approximate surface area is 203 Å². The third-order valence-corrected chi connectivity index (χ3v) is 6.90. The molecule has 2 aliphatic rings. The number of thioether (sulfide) groups is 1. The van der Waals surface area contributed by atoms with Gasteiger partial charge in [-0.1, -0.05) is 11.8 Å². The molecule has 3 aromatic rings. The molecule has 0 bridgehead atoms. The molecule has 35 heavy (non-hydrogen) atoms. The van der Waals surface area contributed by atoms with Crippen LogP contribution in [0, 0.1) is 17.6 Å². The fourth-order valence-corrected chi connectivity index (χ4v) is 5.27. The average Bonchev–Trinajstić information content (AvgIpc) is 3.25. The van der Waals surface area contributed by atoms with Crippen molar-refractivity contribution in [3.8, 4) is 5.88 Å². The normalized spacial score (nSPS) is 21.3. The van der Waals surface area contributed by atoms with Crippen molar-refractivity contribution in [1.29, 1.82) is 0 Å². The van der Waals surface area contributed by atoms with E-state index in [2.05, 4.69) is 25.3 Å². The fraction of sp³-hybridized carbons (Fsp3) is 0.273. The van der Waals surface area contributed by atoms with E-state index in [9.17, 15) is 9.18 Å². The van der Waals surface area contributed by atoms with E-state index >= 15 is 4.39 Å². The van der Waals surface area contributed by atoms with Gasteiger partial charge in [-0.15, -0.1) is 0 Å². The number of amides is 1. The third kappa shape index (κ3) is 4.34. The highest BCUT2D eigenvalue weighted by Crippen LogP contribution is 2.47. The van der Waals surface area contributed by atoms with Crippen LogP contribution in [-0.2, 0) is 5.54 Å². The number of aliphatic imine (C=N–C) groups is 1. The van der Waals surface area contributed by atoms with Gasteiger partial charge in [0.1, 0.15) is 17.1 Å². The predicted molar refractivity (Wildman–Crippen MR) is 126 cm³/mol. The molecule has 1 fully saturated rings. The minimum absolute atomic E-state index is 0.0737. The summed E-state index contributed by atoms with van der Waals surface area (Å²) in [6, 6.07) is 4.29. The predicted octanol–water partition coefficient (Wildman–Crippen LogP) is 2.20. The van der Waals surface area contributed by atoms with Gasteiger partial charge in [-0.05, 0) is 18.2 Å². The number of hydrogen-bond acceptors (Lipinski definition) is 10. The molecule has 5 rings (SSSR count). The molecule has 180 valence electrons. The third-order valence-electron chi connectivity index (χ3n) is 5.94. The number of halogens is 2. The van der Waals surface area contributed by atoms with Gasteiger partial charge in [-0.2, -0.15) is 0 Å². The highest BCUT2D eigenvalue weighted by molar-refractivity contribution is 8.13. The van der Waals surface area contributed by atoms with Crippen LogP contribution in [0.4, 0.5) is 20.4 Å². The Morgan fingerprint density at radius 3 is 2.71 bits per heavy atom. The Hall–Kier alpha value is -3.87. The fourth-order valence-electron chi connectivity index (χ4n) is 4.29. The van der Waals surface area contributed by atoms with Gasteiger partial charge in [0, 0.05) is 29.5 Å². The highest BCUT2D eigenvalue weighted by Gasteiger charge is 2.52. The van der Waals surface area contributed by atoms with Gasteiger partial charge in [0.25, 0.3) is 5.91 Å². The molecule has 1 saturated heterocycles. The van der Waals surface area contributed by atoms with E-state index in [1.54, 1.807) is 6.07 Å². The number of methoxy groups -OCH3 is 1. The number of nitrogens with two attached hydrogens (primary N) is 1. The number of amidine groups is 1. The van der Waals surface area contributed by atoms with E-state index in [-0.39, 0.29) is 29.6 Å². The van der Waals surface area contributed by atoms with Crippen LogP contribution in [0.15, 0.2) is 48.0 Å². The summed E-state index contributed by atoms with van der Waals surface area (Å²) < 4.78 is 33.6. The molecule has 0 aliphatic carbocycles. The van der Waals surface area contributed by atoms with Crippen molar-refractivity contribution in [2.24, 2.45) is 16.6 Å². The maximum Gasteiger partial charge on any atom is 0.275 e. The molecule has 3 N–H and O–H groups in total. The molecule has 10 nitrogen and oxygen atoms in total. The Morgan fingerprint density at radius 2 is 2.00 bits per heavy atom. The zero-order chi connectivity index (χ0) is 24.6. The zero-order valence-corrected chi connectivity index (χ0v) is 19.3. The van der Waals surface area contributed by atoms with E-state index < -0.39 is 23.1 Å². The molecule has 0 saturated carbocycles. The van der Waals surface area contributed by atoms with E-state index in [1.165, 1.54) is 43.4 Å². The molecule has 4 heterocycles. The number of ether oxygens (including phenoxy) is 1. The van der Waals surface area contributed by atoms with Crippen LogP contribution < -0.4 is 20.7 Å². The van der Waals surface area contributed by atoms with Gasteiger partial charge in [-0.25, -0.2) is 33.7 Å². The van der Waals surface area contributed by atoms with Gasteiger partial charge in [0.05, 0.1) is 38.4 Å². The molecule has 1 amide bonds. The summed E-state index contributed by atoms with van der Waals surface area (Å²) in [6.07, 6.45) is 4.79. The molecule has 2 atom stereocenters. The lowest BCUT2D eigenvalue weighted by atomic mass is 9.81. The molecular formula is C22H20F2N8O2S. The molecule has 13 heteroatoms. The lowest BCUT2D eigenvalue weighted by Crippen LogP contribution is -2.40. The highest BCUT2D eigenvalue weighted by atomic mass is 32.2. The molecule has 1 aromatic carbocycles. The first-order valence-corrected chi connectivity index (χ1v) is 11.5. The lowest BCUT2D eigenvalue weighted by molar-refractivity contribution is 0.102.